The van der Waals surface area contributed by atoms with Crippen LogP contribution in [0.1, 0.15) is 16.1 Å². The van der Waals surface area contributed by atoms with Crippen LogP contribution >= 0.6 is 11.6 Å². The lowest BCUT2D eigenvalue weighted by Crippen LogP contribution is -2.23. The van der Waals surface area contributed by atoms with E-state index in [1.165, 1.54) is 0 Å². The van der Waals surface area contributed by atoms with Crippen molar-refractivity contribution in [3.8, 4) is 0 Å². The molecule has 0 aliphatic heterocycles. The maximum Gasteiger partial charge on any atom is 0.267 e. The Bertz CT molecular complexity index is 752. The Balaban J connectivity index is 1.75. The predicted molar refractivity (Wildman–Crippen MR) is 78.7 cm³/mol. The van der Waals surface area contributed by atoms with Gasteiger partial charge in [0.1, 0.15) is 5.69 Å². The minimum Gasteiger partial charge on any atom is -0.350 e. The van der Waals surface area contributed by atoms with Gasteiger partial charge in [-0.1, -0.05) is 23.7 Å². The minimum atomic E-state index is -0.152. The zero-order valence-corrected chi connectivity index (χ0v) is 11.3. The number of aromatic amines is 1. The molecule has 3 aromatic rings. The molecule has 5 heteroatoms. The first kappa shape index (κ1) is 12.7. The van der Waals surface area contributed by atoms with Crippen LogP contribution in [0.25, 0.3) is 10.9 Å². The van der Waals surface area contributed by atoms with Gasteiger partial charge in [0, 0.05) is 34.9 Å². The van der Waals surface area contributed by atoms with Crippen LogP contribution in [0.4, 0.5) is 0 Å². The summed E-state index contributed by atoms with van der Waals surface area (Å²) in [5, 5.41) is 4.45. The van der Waals surface area contributed by atoms with Crippen molar-refractivity contribution < 1.29 is 4.79 Å². The summed E-state index contributed by atoms with van der Waals surface area (Å²) < 4.78 is 0. The van der Waals surface area contributed by atoms with E-state index < -0.39 is 0 Å². The van der Waals surface area contributed by atoms with E-state index in [-0.39, 0.29) is 5.91 Å². The van der Waals surface area contributed by atoms with Crippen LogP contribution in [0.15, 0.2) is 48.8 Å². The highest BCUT2D eigenvalue weighted by molar-refractivity contribution is 6.31. The number of rotatable bonds is 3. The normalized spacial score (nSPS) is 10.7. The highest BCUT2D eigenvalue weighted by Crippen LogP contribution is 2.19. The van der Waals surface area contributed by atoms with Crippen LogP contribution < -0.4 is 5.32 Å². The number of nitrogens with zero attached hydrogens (tertiary/aromatic N) is 1. The number of H-pyrrole nitrogens is 1. The Morgan fingerprint density at radius 1 is 1.30 bits per heavy atom. The van der Waals surface area contributed by atoms with E-state index in [1.54, 1.807) is 24.5 Å². The van der Waals surface area contributed by atoms with Crippen molar-refractivity contribution in [2.24, 2.45) is 0 Å². The van der Waals surface area contributed by atoms with Crippen LogP contribution in [0.2, 0.25) is 5.02 Å². The summed E-state index contributed by atoms with van der Waals surface area (Å²) in [5.41, 5.74) is 2.33. The van der Waals surface area contributed by atoms with Gasteiger partial charge in [-0.05, 0) is 29.8 Å². The number of halogens is 1. The maximum absolute atomic E-state index is 12.1. The van der Waals surface area contributed by atoms with Gasteiger partial charge in [0.05, 0.1) is 0 Å². The predicted octanol–water partition coefficient (Wildman–Crippen LogP) is 3.15. The first-order chi connectivity index (χ1) is 9.72. The van der Waals surface area contributed by atoms with E-state index in [9.17, 15) is 4.79 Å². The molecule has 0 aliphatic carbocycles. The third kappa shape index (κ3) is 2.65. The third-order valence-electron chi connectivity index (χ3n) is 3.01. The molecular weight excluding hydrogens is 274 g/mol. The number of aromatic nitrogens is 2. The maximum atomic E-state index is 12.1. The van der Waals surface area contributed by atoms with Crippen molar-refractivity contribution in [3.63, 3.8) is 0 Å². The molecule has 4 nitrogen and oxygen atoms in total. The Hall–Kier alpha value is -2.33. The number of hydrogen-bond acceptors (Lipinski definition) is 2. The lowest BCUT2D eigenvalue weighted by molar-refractivity contribution is 0.0946. The quantitative estimate of drug-likeness (QED) is 0.777. The molecule has 100 valence electrons. The van der Waals surface area contributed by atoms with Gasteiger partial charge in [0.2, 0.25) is 0 Å². The molecule has 0 saturated heterocycles. The van der Waals surface area contributed by atoms with Crippen LogP contribution in [0.5, 0.6) is 0 Å². The monoisotopic (exact) mass is 285 g/mol. The lowest BCUT2D eigenvalue weighted by atomic mass is 10.2. The highest BCUT2D eigenvalue weighted by atomic mass is 35.5. The second-order valence-corrected chi connectivity index (χ2v) is 4.89. The number of nitrogens with one attached hydrogen (secondary N) is 2. The lowest BCUT2D eigenvalue weighted by Gasteiger charge is -2.02. The number of carbonyl (C=O) groups excluding carboxylic acids is 1. The fourth-order valence-corrected chi connectivity index (χ4v) is 2.17. The van der Waals surface area contributed by atoms with E-state index in [0.29, 0.717) is 17.3 Å². The number of carbonyl (C=O) groups is 1. The molecule has 20 heavy (non-hydrogen) atoms. The number of pyridine rings is 1. The fraction of sp³-hybridized carbons (Fsp3) is 0.0667. The summed E-state index contributed by atoms with van der Waals surface area (Å²) in [7, 11) is 0. The molecule has 3 rings (SSSR count). The highest BCUT2D eigenvalue weighted by Gasteiger charge is 2.09. The fourth-order valence-electron chi connectivity index (χ4n) is 2.00. The van der Waals surface area contributed by atoms with Crippen molar-refractivity contribution in [2.45, 2.75) is 6.54 Å². The molecule has 0 fully saturated rings. The van der Waals surface area contributed by atoms with Crippen molar-refractivity contribution in [2.75, 3.05) is 0 Å². The van der Waals surface area contributed by atoms with E-state index >= 15 is 0 Å². The van der Waals surface area contributed by atoms with Crippen LogP contribution in [0.3, 0.4) is 0 Å². The summed E-state index contributed by atoms with van der Waals surface area (Å²) >= 11 is 5.92. The smallest absolute Gasteiger partial charge is 0.267 e. The summed E-state index contributed by atoms with van der Waals surface area (Å²) in [6.45, 7) is 0.447. The number of benzene rings is 1. The summed E-state index contributed by atoms with van der Waals surface area (Å²) in [6, 6.07) is 11.0. The topological polar surface area (TPSA) is 57.8 Å². The average molecular weight is 286 g/mol. The Labute approximate surface area is 120 Å². The Morgan fingerprint density at radius 3 is 3.00 bits per heavy atom. The molecule has 0 bridgehead atoms. The van der Waals surface area contributed by atoms with Gasteiger partial charge < -0.3 is 10.3 Å². The second kappa shape index (κ2) is 5.35. The molecule has 0 radical (unpaired) electrons. The van der Waals surface area contributed by atoms with Crippen molar-refractivity contribution in [3.05, 3.63) is 65.1 Å². The van der Waals surface area contributed by atoms with Gasteiger partial charge >= 0.3 is 0 Å². The molecule has 1 aromatic carbocycles. The third-order valence-corrected chi connectivity index (χ3v) is 3.24. The minimum absolute atomic E-state index is 0.152. The standard InChI is InChI=1S/C15H12ClN3O/c16-12-4-3-11-6-14(19-13(11)7-12)15(20)18-9-10-2-1-5-17-8-10/h1-8,19H,9H2,(H,18,20). The summed E-state index contributed by atoms with van der Waals surface area (Å²) in [6.07, 6.45) is 3.43. The van der Waals surface area contributed by atoms with E-state index in [1.807, 2.05) is 24.3 Å². The summed E-state index contributed by atoms with van der Waals surface area (Å²) in [4.78, 5) is 19.1. The number of fused-ring (bicyclic) bond motifs is 1. The zero-order chi connectivity index (χ0) is 13.9. The largest absolute Gasteiger partial charge is 0.350 e. The van der Waals surface area contributed by atoms with Gasteiger partial charge in [0.15, 0.2) is 0 Å². The molecular formula is C15H12ClN3O. The van der Waals surface area contributed by atoms with Gasteiger partial charge in [-0.25, -0.2) is 0 Å². The molecule has 0 saturated carbocycles. The molecule has 0 spiro atoms. The van der Waals surface area contributed by atoms with Crippen LogP contribution in [0, 0.1) is 0 Å². The zero-order valence-electron chi connectivity index (χ0n) is 10.6. The van der Waals surface area contributed by atoms with Crippen LogP contribution in [-0.4, -0.2) is 15.9 Å². The van der Waals surface area contributed by atoms with Gasteiger partial charge in [-0.3, -0.25) is 9.78 Å². The molecule has 1 amide bonds. The van der Waals surface area contributed by atoms with Crippen molar-refractivity contribution >= 4 is 28.4 Å². The average Bonchev–Trinajstić information content (AvgIpc) is 2.89. The second-order valence-electron chi connectivity index (χ2n) is 4.46. The molecule has 2 N–H and O–H groups in total. The van der Waals surface area contributed by atoms with Gasteiger partial charge in [-0.15, -0.1) is 0 Å². The molecule has 0 atom stereocenters. The van der Waals surface area contributed by atoms with E-state index in [0.717, 1.165) is 16.5 Å². The Kier molecular flexibility index (Phi) is 3.39. The number of amides is 1. The van der Waals surface area contributed by atoms with Crippen molar-refractivity contribution in [1.82, 2.24) is 15.3 Å². The first-order valence-electron chi connectivity index (χ1n) is 6.18. The van der Waals surface area contributed by atoms with Gasteiger partial charge in [-0.2, -0.15) is 0 Å². The van der Waals surface area contributed by atoms with Gasteiger partial charge in [0.25, 0.3) is 5.91 Å². The summed E-state index contributed by atoms with van der Waals surface area (Å²) in [5.74, 6) is -0.152. The van der Waals surface area contributed by atoms with Crippen molar-refractivity contribution in [1.29, 1.82) is 0 Å². The first-order valence-corrected chi connectivity index (χ1v) is 6.55. The van der Waals surface area contributed by atoms with E-state index in [4.69, 9.17) is 11.6 Å². The van der Waals surface area contributed by atoms with Crippen LogP contribution in [-0.2, 0) is 6.54 Å². The molecule has 0 aliphatic rings. The molecule has 0 unspecified atom stereocenters. The molecule has 2 aromatic heterocycles. The SMILES string of the molecule is O=C(NCc1cccnc1)c1cc2ccc(Cl)cc2[nH]1. The Morgan fingerprint density at radius 2 is 2.20 bits per heavy atom. The van der Waals surface area contributed by atoms with E-state index in [2.05, 4.69) is 15.3 Å². The molecule has 2 heterocycles. The number of hydrogen-bond donors (Lipinski definition) is 2.